The van der Waals surface area contributed by atoms with E-state index in [1.165, 1.54) is 4.90 Å². The highest BCUT2D eigenvalue weighted by molar-refractivity contribution is 5.99. The van der Waals surface area contributed by atoms with Crippen molar-refractivity contribution in [3.63, 3.8) is 0 Å². The SMILES string of the molecule is CC[C@]12CCC3(O1)C(C(=O)NCCN1CCOCC1)N(CCO)C(=O)[C@@H]3[C@H]2C(=O)NCc1ccccc1. The molecule has 0 saturated carbocycles. The minimum Gasteiger partial charge on any atom is -0.395 e. The quantitative estimate of drug-likeness (QED) is 0.399. The molecule has 202 valence electrons. The van der Waals surface area contributed by atoms with Crippen molar-refractivity contribution in [2.45, 2.75) is 50.0 Å². The molecule has 4 aliphatic rings. The Hall–Kier alpha value is -2.53. The zero-order valence-electron chi connectivity index (χ0n) is 21.5. The molecule has 5 rings (SSSR count). The van der Waals surface area contributed by atoms with E-state index in [0.29, 0.717) is 52.1 Å². The third-order valence-corrected chi connectivity index (χ3v) is 8.69. The van der Waals surface area contributed by atoms with Crippen LogP contribution in [0.5, 0.6) is 0 Å². The Morgan fingerprint density at radius 2 is 1.84 bits per heavy atom. The molecule has 1 aromatic carbocycles. The number of hydrogen-bond acceptors (Lipinski definition) is 7. The van der Waals surface area contributed by atoms with Gasteiger partial charge in [0.1, 0.15) is 11.6 Å². The van der Waals surface area contributed by atoms with Gasteiger partial charge in [-0.3, -0.25) is 19.3 Å². The number of carbonyl (C=O) groups excluding carboxylic acids is 3. The van der Waals surface area contributed by atoms with E-state index in [2.05, 4.69) is 15.5 Å². The number of carbonyl (C=O) groups is 3. The number of β-amino-alcohol motifs (C(OH)–C–C–N with tert-alkyl or cyclic N) is 1. The summed E-state index contributed by atoms with van der Waals surface area (Å²) in [5.74, 6) is -2.22. The van der Waals surface area contributed by atoms with E-state index in [1.807, 2.05) is 37.3 Å². The van der Waals surface area contributed by atoms with E-state index in [0.717, 1.165) is 18.7 Å². The van der Waals surface area contributed by atoms with E-state index in [9.17, 15) is 19.5 Å². The zero-order chi connectivity index (χ0) is 26.0. The first-order valence-electron chi connectivity index (χ1n) is 13.5. The second-order valence-electron chi connectivity index (χ2n) is 10.5. The summed E-state index contributed by atoms with van der Waals surface area (Å²) in [7, 11) is 0. The van der Waals surface area contributed by atoms with Crippen molar-refractivity contribution in [3.8, 4) is 0 Å². The molecule has 4 aliphatic heterocycles. The van der Waals surface area contributed by atoms with Crippen LogP contribution in [0.2, 0.25) is 0 Å². The lowest BCUT2D eigenvalue weighted by Crippen LogP contribution is -2.56. The molecule has 1 spiro atoms. The molecule has 0 radical (unpaired) electrons. The monoisotopic (exact) mass is 514 g/mol. The highest BCUT2D eigenvalue weighted by Gasteiger charge is 2.78. The molecule has 2 unspecified atom stereocenters. The third-order valence-electron chi connectivity index (χ3n) is 8.69. The molecule has 4 saturated heterocycles. The van der Waals surface area contributed by atoms with Crippen molar-refractivity contribution >= 4 is 17.7 Å². The molecule has 37 heavy (non-hydrogen) atoms. The molecule has 10 heteroatoms. The number of amides is 3. The zero-order valence-corrected chi connectivity index (χ0v) is 21.5. The number of likely N-dealkylation sites (tertiary alicyclic amines) is 1. The molecule has 0 aromatic heterocycles. The Labute approximate surface area is 217 Å². The molecule has 3 N–H and O–H groups in total. The first kappa shape index (κ1) is 26.1. The van der Waals surface area contributed by atoms with Crippen LogP contribution in [0.25, 0.3) is 0 Å². The van der Waals surface area contributed by atoms with Crippen molar-refractivity contribution < 1.29 is 29.0 Å². The van der Waals surface area contributed by atoms with Gasteiger partial charge in [0.15, 0.2) is 0 Å². The predicted octanol–water partition coefficient (Wildman–Crippen LogP) is -0.102. The van der Waals surface area contributed by atoms with Gasteiger partial charge in [0.25, 0.3) is 0 Å². The fraction of sp³-hybridized carbons (Fsp3) is 0.667. The Morgan fingerprint density at radius 1 is 1.08 bits per heavy atom. The number of nitrogens with zero attached hydrogens (tertiary/aromatic N) is 2. The van der Waals surface area contributed by atoms with Crippen LogP contribution in [0.15, 0.2) is 30.3 Å². The van der Waals surface area contributed by atoms with Crippen LogP contribution >= 0.6 is 0 Å². The molecule has 10 nitrogen and oxygen atoms in total. The van der Waals surface area contributed by atoms with Gasteiger partial charge < -0.3 is 30.1 Å². The fourth-order valence-electron chi connectivity index (χ4n) is 6.92. The first-order valence-corrected chi connectivity index (χ1v) is 13.5. The minimum atomic E-state index is -1.07. The molecule has 5 atom stereocenters. The van der Waals surface area contributed by atoms with Gasteiger partial charge in [-0.2, -0.15) is 0 Å². The van der Waals surface area contributed by atoms with E-state index in [4.69, 9.17) is 9.47 Å². The summed E-state index contributed by atoms with van der Waals surface area (Å²) in [6, 6.07) is 8.76. The van der Waals surface area contributed by atoms with Crippen LogP contribution < -0.4 is 10.6 Å². The van der Waals surface area contributed by atoms with E-state index in [-0.39, 0.29) is 30.9 Å². The minimum absolute atomic E-state index is 0.0273. The fourth-order valence-corrected chi connectivity index (χ4v) is 6.92. The normalized spacial score (nSPS) is 33.0. The maximum absolute atomic E-state index is 13.8. The predicted molar refractivity (Wildman–Crippen MR) is 134 cm³/mol. The average Bonchev–Trinajstić information content (AvgIpc) is 3.52. The van der Waals surface area contributed by atoms with Gasteiger partial charge >= 0.3 is 0 Å². The Kier molecular flexibility index (Phi) is 7.53. The lowest BCUT2D eigenvalue weighted by atomic mass is 9.65. The molecule has 4 heterocycles. The first-order chi connectivity index (χ1) is 18.0. The van der Waals surface area contributed by atoms with Crippen molar-refractivity contribution in [1.82, 2.24) is 20.4 Å². The number of nitrogens with one attached hydrogen (secondary N) is 2. The third kappa shape index (κ3) is 4.54. The van der Waals surface area contributed by atoms with Crippen molar-refractivity contribution in [2.75, 3.05) is 52.5 Å². The van der Waals surface area contributed by atoms with Crippen LogP contribution in [0.1, 0.15) is 31.7 Å². The molecule has 4 fully saturated rings. The Bertz CT molecular complexity index is 1000. The van der Waals surface area contributed by atoms with E-state index < -0.39 is 29.1 Å². The van der Waals surface area contributed by atoms with Gasteiger partial charge in [-0.15, -0.1) is 0 Å². The molecule has 3 amide bonds. The van der Waals surface area contributed by atoms with Crippen LogP contribution in [0, 0.1) is 11.8 Å². The smallest absolute Gasteiger partial charge is 0.245 e. The number of rotatable bonds is 10. The standard InChI is InChI=1S/C27H38N4O6/c1-2-26-8-9-27(37-26)21(20(26)23(33)29-18-19-6-4-3-5-7-19)25(35)31(12-15-32)22(27)24(34)28-10-11-30-13-16-36-17-14-30/h3-7,20-22,32H,2,8-18H2,1H3,(H,28,34)(H,29,33)/t20-,21-,22?,26+,27?/m0/s1. The van der Waals surface area contributed by atoms with Crippen LogP contribution in [0.4, 0.5) is 0 Å². The van der Waals surface area contributed by atoms with Crippen molar-refractivity contribution in [3.05, 3.63) is 35.9 Å². The average molecular weight is 515 g/mol. The van der Waals surface area contributed by atoms with Gasteiger partial charge in [0.05, 0.1) is 37.3 Å². The van der Waals surface area contributed by atoms with Gasteiger partial charge in [-0.05, 0) is 24.8 Å². The van der Waals surface area contributed by atoms with E-state index >= 15 is 0 Å². The van der Waals surface area contributed by atoms with Crippen LogP contribution in [-0.4, -0.2) is 102 Å². The number of fused-ring (bicyclic) bond motifs is 1. The number of hydrogen-bond donors (Lipinski definition) is 3. The summed E-state index contributed by atoms with van der Waals surface area (Å²) in [6.45, 7) is 6.23. The summed E-state index contributed by atoms with van der Waals surface area (Å²) in [4.78, 5) is 44.7. The Balaban J connectivity index is 1.36. The summed E-state index contributed by atoms with van der Waals surface area (Å²) in [6.07, 6.45) is 1.72. The van der Waals surface area contributed by atoms with Crippen LogP contribution in [0.3, 0.4) is 0 Å². The lowest BCUT2D eigenvalue weighted by Gasteiger charge is -2.34. The number of aliphatic hydroxyl groups excluding tert-OH is 1. The topological polar surface area (TPSA) is 120 Å². The molecule has 0 aliphatic carbocycles. The number of morpholine rings is 1. The van der Waals surface area contributed by atoms with Crippen LogP contribution in [-0.2, 0) is 30.4 Å². The number of benzene rings is 1. The molecule has 1 aromatic rings. The Morgan fingerprint density at radius 3 is 2.54 bits per heavy atom. The van der Waals surface area contributed by atoms with Gasteiger partial charge in [-0.25, -0.2) is 0 Å². The second kappa shape index (κ2) is 10.7. The largest absolute Gasteiger partial charge is 0.395 e. The molecular weight excluding hydrogens is 476 g/mol. The highest BCUT2D eigenvalue weighted by atomic mass is 16.5. The lowest BCUT2D eigenvalue weighted by molar-refractivity contribution is -0.148. The maximum atomic E-state index is 13.8. The van der Waals surface area contributed by atoms with Crippen molar-refractivity contribution in [2.24, 2.45) is 11.8 Å². The van der Waals surface area contributed by atoms with Gasteiger partial charge in [0.2, 0.25) is 17.7 Å². The summed E-state index contributed by atoms with van der Waals surface area (Å²) in [5, 5.41) is 15.8. The summed E-state index contributed by atoms with van der Waals surface area (Å²) in [5.41, 5.74) is -0.879. The maximum Gasteiger partial charge on any atom is 0.245 e. The van der Waals surface area contributed by atoms with E-state index in [1.54, 1.807) is 0 Å². The molecule has 2 bridgehead atoms. The van der Waals surface area contributed by atoms with Gasteiger partial charge in [-0.1, -0.05) is 37.3 Å². The van der Waals surface area contributed by atoms with Gasteiger partial charge in [0, 0.05) is 39.3 Å². The molecular formula is C27H38N4O6. The second-order valence-corrected chi connectivity index (χ2v) is 10.5. The summed E-state index contributed by atoms with van der Waals surface area (Å²) < 4.78 is 12.1. The highest BCUT2D eigenvalue weighted by Crippen LogP contribution is 2.64. The number of ether oxygens (including phenoxy) is 2. The summed E-state index contributed by atoms with van der Waals surface area (Å²) >= 11 is 0. The van der Waals surface area contributed by atoms with Crippen molar-refractivity contribution in [1.29, 1.82) is 0 Å². The number of aliphatic hydroxyl groups is 1.